The molecular weight excluding hydrogens is 360 g/mol. The molecule has 0 aliphatic rings. The van der Waals surface area contributed by atoms with Gasteiger partial charge in [0.25, 0.3) is 0 Å². The molecule has 0 saturated heterocycles. The second kappa shape index (κ2) is 8.94. The van der Waals surface area contributed by atoms with Crippen LogP contribution in [0.4, 0.5) is 27.8 Å². The zero-order valence-electron chi connectivity index (χ0n) is 16.3. The van der Waals surface area contributed by atoms with Gasteiger partial charge in [-0.05, 0) is 52.0 Å². The summed E-state index contributed by atoms with van der Waals surface area (Å²) in [6.07, 6.45) is -0.681. The Kier molecular flexibility index (Phi) is 6.64. The van der Waals surface area contributed by atoms with Crippen molar-refractivity contribution < 1.29 is 14.3 Å². The summed E-state index contributed by atoms with van der Waals surface area (Å²) in [5.41, 5.74) is 6.29. The van der Waals surface area contributed by atoms with Crippen molar-refractivity contribution in [1.82, 2.24) is 10.3 Å². The number of anilines is 2. The second-order valence-corrected chi connectivity index (χ2v) is 6.99. The van der Waals surface area contributed by atoms with E-state index in [0.29, 0.717) is 11.4 Å². The van der Waals surface area contributed by atoms with Crippen LogP contribution < -0.4 is 16.4 Å². The zero-order valence-corrected chi connectivity index (χ0v) is 16.3. The molecule has 1 aromatic heterocycles. The third-order valence-corrected chi connectivity index (χ3v) is 3.31. The number of carbonyl (C=O) groups is 2. The van der Waals surface area contributed by atoms with Crippen LogP contribution in [0.25, 0.3) is 0 Å². The van der Waals surface area contributed by atoms with Crippen LogP contribution in [0, 0.1) is 0 Å². The number of alkyl carbamates (subject to hydrolysis) is 1. The van der Waals surface area contributed by atoms with Crippen LogP contribution in [-0.2, 0) is 9.53 Å². The predicted molar refractivity (Wildman–Crippen MR) is 107 cm³/mol. The summed E-state index contributed by atoms with van der Waals surface area (Å²) in [5, 5.41) is 13.2. The van der Waals surface area contributed by atoms with Crippen molar-refractivity contribution in [2.75, 3.05) is 11.1 Å². The van der Waals surface area contributed by atoms with Gasteiger partial charge in [0.15, 0.2) is 5.82 Å². The van der Waals surface area contributed by atoms with Crippen LogP contribution in [0.5, 0.6) is 0 Å². The molecule has 0 aliphatic heterocycles. The van der Waals surface area contributed by atoms with E-state index in [2.05, 4.69) is 25.8 Å². The molecule has 0 saturated carbocycles. The molecule has 28 heavy (non-hydrogen) atoms. The third kappa shape index (κ3) is 6.67. The largest absolute Gasteiger partial charge is 0.444 e. The van der Waals surface area contributed by atoms with E-state index in [4.69, 9.17) is 10.5 Å². The maximum Gasteiger partial charge on any atom is 0.408 e. The zero-order chi connectivity index (χ0) is 20.7. The number of ether oxygens (including phenoxy) is 1. The standard InChI is InChI=1S/C19H24N6O3/c1-12(21-18(27)28-19(2,3)4)17(26)23-15-11-10-14(16(20)22-15)25-24-13-8-6-5-7-9-13/h5-12H,1-4H3,(H,21,27)(H3,20,22,23,26)/t12-/m0/s1. The van der Waals surface area contributed by atoms with Gasteiger partial charge in [-0.1, -0.05) is 18.2 Å². The number of nitrogens with two attached hydrogens (primary N) is 1. The minimum absolute atomic E-state index is 0.116. The van der Waals surface area contributed by atoms with Crippen LogP contribution in [0.15, 0.2) is 52.7 Å². The Hall–Kier alpha value is -3.49. The average Bonchev–Trinajstić information content (AvgIpc) is 2.60. The van der Waals surface area contributed by atoms with Crippen molar-refractivity contribution in [2.24, 2.45) is 10.2 Å². The first-order valence-corrected chi connectivity index (χ1v) is 8.68. The first-order valence-electron chi connectivity index (χ1n) is 8.68. The Morgan fingerprint density at radius 2 is 1.79 bits per heavy atom. The molecule has 1 atom stereocenters. The van der Waals surface area contributed by atoms with E-state index in [1.165, 1.54) is 6.92 Å². The molecule has 0 radical (unpaired) electrons. The van der Waals surface area contributed by atoms with E-state index in [9.17, 15) is 9.59 Å². The highest BCUT2D eigenvalue weighted by atomic mass is 16.6. The lowest BCUT2D eigenvalue weighted by Gasteiger charge is -2.21. The summed E-state index contributed by atoms with van der Waals surface area (Å²) in [7, 11) is 0. The molecule has 2 rings (SSSR count). The number of nitrogen functional groups attached to an aromatic ring is 1. The van der Waals surface area contributed by atoms with Crippen LogP contribution in [0.1, 0.15) is 27.7 Å². The maximum absolute atomic E-state index is 12.2. The summed E-state index contributed by atoms with van der Waals surface area (Å²) in [6, 6.07) is 11.5. The van der Waals surface area contributed by atoms with Crippen LogP contribution in [-0.4, -0.2) is 28.6 Å². The van der Waals surface area contributed by atoms with Gasteiger partial charge in [-0.25, -0.2) is 9.78 Å². The quantitative estimate of drug-likeness (QED) is 0.672. The number of rotatable bonds is 5. The van der Waals surface area contributed by atoms with Gasteiger partial charge in [0, 0.05) is 0 Å². The Morgan fingerprint density at radius 1 is 1.11 bits per heavy atom. The maximum atomic E-state index is 12.2. The number of hydrogen-bond donors (Lipinski definition) is 3. The summed E-state index contributed by atoms with van der Waals surface area (Å²) in [4.78, 5) is 28.1. The molecule has 0 fully saturated rings. The number of nitrogens with zero attached hydrogens (tertiary/aromatic N) is 3. The fourth-order valence-electron chi connectivity index (χ4n) is 2.01. The summed E-state index contributed by atoms with van der Waals surface area (Å²) < 4.78 is 5.12. The van der Waals surface area contributed by atoms with Crippen LogP contribution in [0.2, 0.25) is 0 Å². The van der Waals surface area contributed by atoms with Gasteiger partial charge in [-0.3, -0.25) is 4.79 Å². The summed E-state index contributed by atoms with van der Waals surface area (Å²) >= 11 is 0. The van der Waals surface area contributed by atoms with Gasteiger partial charge >= 0.3 is 6.09 Å². The number of hydrogen-bond acceptors (Lipinski definition) is 7. The lowest BCUT2D eigenvalue weighted by atomic mass is 10.2. The highest BCUT2D eigenvalue weighted by molar-refractivity contribution is 5.95. The first-order chi connectivity index (χ1) is 13.1. The normalized spacial score (nSPS) is 12.4. The number of carbonyl (C=O) groups excluding carboxylic acids is 2. The molecule has 1 heterocycles. The van der Waals surface area contributed by atoms with E-state index in [1.807, 2.05) is 18.2 Å². The highest BCUT2D eigenvalue weighted by Gasteiger charge is 2.21. The Labute approximate surface area is 163 Å². The van der Waals surface area contributed by atoms with Crippen LogP contribution >= 0.6 is 0 Å². The Bertz CT molecular complexity index is 862. The number of nitrogens with one attached hydrogen (secondary N) is 2. The van der Waals surface area contributed by atoms with Crippen molar-refractivity contribution in [3.8, 4) is 0 Å². The molecule has 9 nitrogen and oxygen atoms in total. The van der Waals surface area contributed by atoms with E-state index in [-0.39, 0.29) is 11.6 Å². The fraction of sp³-hybridized carbons (Fsp3) is 0.316. The molecule has 9 heteroatoms. The van der Waals surface area contributed by atoms with E-state index < -0.39 is 23.6 Å². The number of amides is 2. The lowest BCUT2D eigenvalue weighted by Crippen LogP contribution is -2.44. The van der Waals surface area contributed by atoms with Gasteiger partial charge in [-0.15, -0.1) is 5.11 Å². The Morgan fingerprint density at radius 3 is 2.39 bits per heavy atom. The second-order valence-electron chi connectivity index (χ2n) is 6.99. The van der Waals surface area contributed by atoms with Gasteiger partial charge in [-0.2, -0.15) is 5.11 Å². The molecule has 0 aliphatic carbocycles. The van der Waals surface area contributed by atoms with Gasteiger partial charge in [0.05, 0.1) is 5.69 Å². The molecule has 4 N–H and O–H groups in total. The molecule has 2 aromatic rings. The number of azo groups is 1. The third-order valence-electron chi connectivity index (χ3n) is 3.31. The fourth-order valence-corrected chi connectivity index (χ4v) is 2.01. The number of pyridine rings is 1. The number of aromatic nitrogens is 1. The van der Waals surface area contributed by atoms with E-state index in [0.717, 1.165) is 0 Å². The summed E-state index contributed by atoms with van der Waals surface area (Å²) in [5.74, 6) is -0.111. The number of benzene rings is 1. The molecule has 0 spiro atoms. The van der Waals surface area contributed by atoms with Crippen molar-refractivity contribution in [2.45, 2.75) is 39.3 Å². The molecule has 1 aromatic carbocycles. The summed E-state index contributed by atoms with van der Waals surface area (Å²) in [6.45, 7) is 6.74. The minimum Gasteiger partial charge on any atom is -0.444 e. The van der Waals surface area contributed by atoms with Crippen molar-refractivity contribution in [3.05, 3.63) is 42.5 Å². The lowest BCUT2D eigenvalue weighted by molar-refractivity contribution is -0.117. The monoisotopic (exact) mass is 384 g/mol. The van der Waals surface area contributed by atoms with Gasteiger partial charge in [0.2, 0.25) is 5.91 Å². The highest BCUT2D eigenvalue weighted by Crippen LogP contribution is 2.24. The average molecular weight is 384 g/mol. The minimum atomic E-state index is -0.824. The van der Waals surface area contributed by atoms with E-state index >= 15 is 0 Å². The van der Waals surface area contributed by atoms with Gasteiger partial charge in [0.1, 0.15) is 23.1 Å². The molecular formula is C19H24N6O3. The van der Waals surface area contributed by atoms with Crippen LogP contribution in [0.3, 0.4) is 0 Å². The SMILES string of the molecule is C[C@H](NC(=O)OC(C)(C)C)C(=O)Nc1ccc(N=Nc2ccccc2)c(N)n1. The molecule has 0 unspecified atom stereocenters. The Balaban J connectivity index is 1.97. The first kappa shape index (κ1) is 20.8. The van der Waals surface area contributed by atoms with E-state index in [1.54, 1.807) is 45.0 Å². The van der Waals surface area contributed by atoms with Crippen molar-refractivity contribution in [3.63, 3.8) is 0 Å². The topological polar surface area (TPSA) is 131 Å². The molecule has 148 valence electrons. The van der Waals surface area contributed by atoms with Crippen molar-refractivity contribution in [1.29, 1.82) is 0 Å². The van der Waals surface area contributed by atoms with Crippen molar-refractivity contribution >= 4 is 35.0 Å². The molecule has 0 bridgehead atoms. The molecule has 2 amide bonds. The van der Waals surface area contributed by atoms with Gasteiger partial charge < -0.3 is 21.1 Å². The smallest absolute Gasteiger partial charge is 0.408 e. The predicted octanol–water partition coefficient (Wildman–Crippen LogP) is 3.93.